The highest BCUT2D eigenvalue weighted by Crippen LogP contribution is 2.29. The molecule has 1 N–H and O–H groups in total. The number of rotatable bonds is 3. The Balaban J connectivity index is 1.60. The predicted octanol–water partition coefficient (Wildman–Crippen LogP) is 1.97. The number of nitriles is 1. The molecule has 3 heterocycles. The highest BCUT2D eigenvalue weighted by Gasteiger charge is 2.36. The van der Waals surface area contributed by atoms with Crippen LogP contribution in [0.3, 0.4) is 0 Å². The third-order valence-electron chi connectivity index (χ3n) is 5.13. The quantitative estimate of drug-likeness (QED) is 0.711. The number of hydrogen-bond donors (Lipinski definition) is 1. The molecule has 1 aromatic carbocycles. The molecule has 148 valence electrons. The minimum atomic E-state index is -3.81. The van der Waals surface area contributed by atoms with Gasteiger partial charge in [-0.2, -0.15) is 9.57 Å². The van der Waals surface area contributed by atoms with Crippen molar-refractivity contribution in [3.05, 3.63) is 60.0 Å². The van der Waals surface area contributed by atoms with E-state index in [2.05, 4.69) is 9.97 Å². The van der Waals surface area contributed by atoms with Crippen molar-refractivity contribution in [2.75, 3.05) is 19.6 Å². The van der Waals surface area contributed by atoms with E-state index in [-0.39, 0.29) is 29.1 Å². The number of nitrogens with one attached hydrogen (secondary N) is 1. The summed E-state index contributed by atoms with van der Waals surface area (Å²) in [4.78, 5) is 21.3. The Morgan fingerprint density at radius 2 is 2.00 bits per heavy atom. The topological polar surface area (TPSA) is 110 Å². The maximum atomic E-state index is 13.3. The summed E-state index contributed by atoms with van der Waals surface area (Å²) < 4.78 is 28.0. The fourth-order valence-electron chi connectivity index (χ4n) is 3.70. The van der Waals surface area contributed by atoms with Crippen LogP contribution in [0.15, 0.2) is 53.7 Å². The van der Waals surface area contributed by atoms with E-state index in [1.807, 2.05) is 12.1 Å². The fourth-order valence-corrected chi connectivity index (χ4v) is 5.47. The second-order valence-corrected chi connectivity index (χ2v) is 8.79. The third-order valence-corrected chi connectivity index (χ3v) is 7.18. The van der Waals surface area contributed by atoms with Crippen molar-refractivity contribution in [2.45, 2.75) is 17.9 Å². The number of piperazine rings is 1. The minimum absolute atomic E-state index is 0.105. The standard InChI is InChI=1S/C20H19N5O3S/c1-14-13-24(20(26)15-5-3-2-4-6-15)9-10-25(14)29(27,28)18-12-23-19-16(18)7-8-22-17(19)11-21/h2-8,12,14,23H,9-10,13H2,1H3. The van der Waals surface area contributed by atoms with Crippen LogP contribution in [0.4, 0.5) is 0 Å². The molecule has 8 nitrogen and oxygen atoms in total. The first-order chi connectivity index (χ1) is 13.9. The molecule has 0 saturated carbocycles. The van der Waals surface area contributed by atoms with Crippen LogP contribution in [0.2, 0.25) is 0 Å². The van der Waals surface area contributed by atoms with Crippen LogP contribution in [0.25, 0.3) is 10.9 Å². The number of hydrogen-bond acceptors (Lipinski definition) is 5. The van der Waals surface area contributed by atoms with E-state index >= 15 is 0 Å². The van der Waals surface area contributed by atoms with Gasteiger partial charge in [0.05, 0.1) is 5.52 Å². The number of sulfonamides is 1. The molecule has 1 unspecified atom stereocenters. The number of carbonyl (C=O) groups is 1. The Labute approximate surface area is 168 Å². The van der Waals surface area contributed by atoms with Crippen LogP contribution in [0.1, 0.15) is 23.0 Å². The molecule has 1 amide bonds. The molecule has 0 spiro atoms. The molecule has 1 aliphatic rings. The van der Waals surface area contributed by atoms with Crippen molar-refractivity contribution in [3.8, 4) is 6.07 Å². The summed E-state index contributed by atoms with van der Waals surface area (Å²) in [6.45, 7) is 2.61. The van der Waals surface area contributed by atoms with Crippen molar-refractivity contribution >= 4 is 26.8 Å². The maximum Gasteiger partial charge on any atom is 0.253 e. The molecule has 1 saturated heterocycles. The Morgan fingerprint density at radius 1 is 1.24 bits per heavy atom. The molecule has 29 heavy (non-hydrogen) atoms. The SMILES string of the molecule is CC1CN(C(=O)c2ccccc2)CCN1S(=O)(=O)c1c[nH]c2c(C#N)nccc12. The average molecular weight is 409 g/mol. The van der Waals surface area contributed by atoms with Gasteiger partial charge < -0.3 is 9.88 Å². The molecule has 3 aromatic rings. The smallest absolute Gasteiger partial charge is 0.253 e. The first-order valence-corrected chi connectivity index (χ1v) is 10.6. The van der Waals surface area contributed by atoms with E-state index in [4.69, 9.17) is 0 Å². The van der Waals surface area contributed by atoms with E-state index in [0.29, 0.717) is 29.6 Å². The van der Waals surface area contributed by atoms with Crippen LogP contribution in [-0.2, 0) is 10.0 Å². The van der Waals surface area contributed by atoms with Gasteiger partial charge in [-0.05, 0) is 25.1 Å². The monoisotopic (exact) mass is 409 g/mol. The molecule has 0 bridgehead atoms. The number of H-pyrrole nitrogens is 1. The lowest BCUT2D eigenvalue weighted by Crippen LogP contribution is -2.55. The molecule has 9 heteroatoms. The lowest BCUT2D eigenvalue weighted by atomic mass is 10.1. The number of fused-ring (bicyclic) bond motifs is 1. The van der Waals surface area contributed by atoms with E-state index < -0.39 is 10.0 Å². The molecule has 4 rings (SSSR count). The molecule has 2 aromatic heterocycles. The maximum absolute atomic E-state index is 13.3. The number of nitrogens with zero attached hydrogens (tertiary/aromatic N) is 4. The van der Waals surface area contributed by atoms with E-state index in [9.17, 15) is 18.5 Å². The summed E-state index contributed by atoms with van der Waals surface area (Å²) in [6.07, 6.45) is 2.82. The number of aromatic nitrogens is 2. The molecule has 1 atom stereocenters. The molecule has 0 radical (unpaired) electrons. The highest BCUT2D eigenvalue weighted by molar-refractivity contribution is 7.89. The van der Waals surface area contributed by atoms with E-state index in [1.54, 1.807) is 42.2 Å². The van der Waals surface area contributed by atoms with E-state index in [0.717, 1.165) is 0 Å². The molecular formula is C20H19N5O3S. The van der Waals surface area contributed by atoms with Crippen molar-refractivity contribution in [1.82, 2.24) is 19.2 Å². The summed E-state index contributed by atoms with van der Waals surface area (Å²) in [7, 11) is -3.81. The van der Waals surface area contributed by atoms with Gasteiger partial charge in [0.25, 0.3) is 5.91 Å². The summed E-state index contributed by atoms with van der Waals surface area (Å²) in [5.41, 5.74) is 1.14. The first-order valence-electron chi connectivity index (χ1n) is 9.16. The number of amides is 1. The highest BCUT2D eigenvalue weighted by atomic mass is 32.2. The Morgan fingerprint density at radius 3 is 2.69 bits per heavy atom. The van der Waals surface area contributed by atoms with Crippen LogP contribution < -0.4 is 0 Å². The Hall–Kier alpha value is -3.22. The van der Waals surface area contributed by atoms with Gasteiger partial charge in [-0.25, -0.2) is 13.4 Å². The lowest BCUT2D eigenvalue weighted by molar-refractivity contribution is 0.0642. The van der Waals surface area contributed by atoms with Gasteiger partial charge >= 0.3 is 0 Å². The van der Waals surface area contributed by atoms with Crippen LogP contribution >= 0.6 is 0 Å². The summed E-state index contributed by atoms with van der Waals surface area (Å²) >= 11 is 0. The van der Waals surface area contributed by atoms with Crippen molar-refractivity contribution in [3.63, 3.8) is 0 Å². The molecular weight excluding hydrogens is 390 g/mol. The zero-order valence-electron chi connectivity index (χ0n) is 15.7. The van der Waals surface area contributed by atoms with Gasteiger partial charge in [-0.3, -0.25) is 4.79 Å². The Bertz CT molecular complexity index is 1210. The predicted molar refractivity (Wildman–Crippen MR) is 107 cm³/mol. The van der Waals surface area contributed by atoms with Crippen LogP contribution in [0.5, 0.6) is 0 Å². The van der Waals surface area contributed by atoms with Crippen LogP contribution in [-0.4, -0.2) is 59.2 Å². The molecule has 1 aliphatic heterocycles. The number of aromatic amines is 1. The van der Waals surface area contributed by atoms with Crippen molar-refractivity contribution in [2.24, 2.45) is 0 Å². The minimum Gasteiger partial charge on any atom is -0.357 e. The largest absolute Gasteiger partial charge is 0.357 e. The second kappa shape index (κ2) is 7.31. The first kappa shape index (κ1) is 19.1. The van der Waals surface area contributed by atoms with Gasteiger partial charge in [0, 0.05) is 49.0 Å². The van der Waals surface area contributed by atoms with E-state index in [1.165, 1.54) is 16.7 Å². The second-order valence-electron chi connectivity index (χ2n) is 6.93. The van der Waals surface area contributed by atoms with Crippen LogP contribution in [0, 0.1) is 11.3 Å². The summed E-state index contributed by atoms with van der Waals surface area (Å²) in [5, 5.41) is 9.62. The van der Waals surface area contributed by atoms with Gasteiger partial charge in [-0.15, -0.1) is 0 Å². The van der Waals surface area contributed by atoms with Gasteiger partial charge in [0.1, 0.15) is 11.0 Å². The zero-order valence-corrected chi connectivity index (χ0v) is 16.6. The number of carbonyl (C=O) groups excluding carboxylic acids is 1. The fraction of sp³-hybridized carbons (Fsp3) is 0.250. The molecule has 0 aliphatic carbocycles. The normalized spacial score (nSPS) is 17.9. The van der Waals surface area contributed by atoms with Gasteiger partial charge in [-0.1, -0.05) is 18.2 Å². The number of pyridine rings is 1. The van der Waals surface area contributed by atoms with Gasteiger partial charge in [0.2, 0.25) is 10.0 Å². The zero-order chi connectivity index (χ0) is 20.6. The summed E-state index contributed by atoms with van der Waals surface area (Å²) in [6, 6.07) is 12.1. The number of benzene rings is 1. The summed E-state index contributed by atoms with van der Waals surface area (Å²) in [5.74, 6) is -0.105. The van der Waals surface area contributed by atoms with Gasteiger partial charge in [0.15, 0.2) is 5.69 Å². The lowest BCUT2D eigenvalue weighted by Gasteiger charge is -2.38. The molecule has 1 fully saturated rings. The Kier molecular flexibility index (Phi) is 4.82. The third kappa shape index (κ3) is 3.26. The average Bonchev–Trinajstić information content (AvgIpc) is 3.18. The van der Waals surface area contributed by atoms with Crippen molar-refractivity contribution in [1.29, 1.82) is 5.26 Å². The van der Waals surface area contributed by atoms with Crippen molar-refractivity contribution < 1.29 is 13.2 Å².